The molecule has 0 amide bonds. The number of para-hydroxylation sites is 1. The normalized spacial score (nSPS) is 21.5. The molecule has 4 heteroatoms. The van der Waals surface area contributed by atoms with Crippen LogP contribution in [0.4, 0.5) is 5.69 Å². The minimum absolute atomic E-state index is 0.216. The smallest absolute Gasteiger partial charge is 0.175 e. The molecule has 0 fully saturated rings. The second-order valence-corrected chi connectivity index (χ2v) is 8.73. The Morgan fingerprint density at radius 1 is 1.03 bits per heavy atom. The Balaban J connectivity index is 1.46. The molecular formula is C26H24BrNO2. The summed E-state index contributed by atoms with van der Waals surface area (Å²) < 4.78 is 12.8. The SMILES string of the molecule is COc1cc([C@@H]2Nc3ccccc3[C@@H]3C=CC[C@@H]32)cc(Br)c1OCc1ccccc1. The first-order valence-electron chi connectivity index (χ1n) is 10.3. The van der Waals surface area contributed by atoms with Crippen molar-refractivity contribution < 1.29 is 9.47 Å². The van der Waals surface area contributed by atoms with Crippen LogP contribution in [0.15, 0.2) is 83.4 Å². The maximum absolute atomic E-state index is 6.13. The Bertz CT molecular complexity index is 1080. The van der Waals surface area contributed by atoms with Gasteiger partial charge >= 0.3 is 0 Å². The highest BCUT2D eigenvalue weighted by Gasteiger charge is 2.38. The van der Waals surface area contributed by atoms with Gasteiger partial charge in [-0.25, -0.2) is 0 Å². The van der Waals surface area contributed by atoms with E-state index in [2.05, 4.69) is 81.9 Å². The lowest BCUT2D eigenvalue weighted by atomic mass is 9.77. The van der Waals surface area contributed by atoms with E-state index in [0.29, 0.717) is 18.4 Å². The standard InChI is InChI=1S/C26H24BrNO2/c1-29-24-15-18(14-22(27)26(24)30-16-17-8-3-2-4-9-17)25-21-12-7-11-19(21)20-10-5-6-13-23(20)28-25/h2-11,13-15,19,21,25,28H,12,16H2,1H3/t19-,21-,25-/m0/s1. The van der Waals surface area contributed by atoms with E-state index in [9.17, 15) is 0 Å². The summed E-state index contributed by atoms with van der Waals surface area (Å²) in [7, 11) is 1.70. The lowest BCUT2D eigenvalue weighted by Crippen LogP contribution is -2.29. The number of halogens is 1. The van der Waals surface area contributed by atoms with E-state index >= 15 is 0 Å². The van der Waals surface area contributed by atoms with E-state index in [1.165, 1.54) is 16.8 Å². The number of benzene rings is 3. The average molecular weight is 462 g/mol. The molecule has 3 aromatic rings. The van der Waals surface area contributed by atoms with E-state index in [4.69, 9.17) is 9.47 Å². The fourth-order valence-electron chi connectivity index (χ4n) is 4.66. The predicted octanol–water partition coefficient (Wildman–Crippen LogP) is 6.86. The lowest BCUT2D eigenvalue weighted by Gasteiger charge is -2.37. The number of allylic oxidation sites excluding steroid dienone is 2. The lowest BCUT2D eigenvalue weighted by molar-refractivity contribution is 0.282. The van der Waals surface area contributed by atoms with Crippen LogP contribution in [0, 0.1) is 5.92 Å². The van der Waals surface area contributed by atoms with Crippen LogP contribution in [0.2, 0.25) is 0 Å². The van der Waals surface area contributed by atoms with Crippen molar-refractivity contribution >= 4 is 21.6 Å². The monoisotopic (exact) mass is 461 g/mol. The Hall–Kier alpha value is -2.72. The molecule has 0 bridgehead atoms. The van der Waals surface area contributed by atoms with E-state index in [-0.39, 0.29) is 6.04 Å². The molecule has 1 N–H and O–H groups in total. The second-order valence-electron chi connectivity index (χ2n) is 7.87. The molecule has 3 nitrogen and oxygen atoms in total. The van der Waals surface area contributed by atoms with Gasteiger partial charge in [0.15, 0.2) is 11.5 Å². The highest BCUT2D eigenvalue weighted by Crippen LogP contribution is 2.51. The Labute approximate surface area is 185 Å². The van der Waals surface area contributed by atoms with E-state index in [1.807, 2.05) is 18.2 Å². The van der Waals surface area contributed by atoms with E-state index < -0.39 is 0 Å². The average Bonchev–Trinajstić information content (AvgIpc) is 3.28. The third kappa shape index (κ3) is 3.50. The number of hydrogen-bond acceptors (Lipinski definition) is 3. The van der Waals surface area contributed by atoms with Crippen molar-refractivity contribution in [3.8, 4) is 11.5 Å². The van der Waals surface area contributed by atoms with Crippen LogP contribution in [0.25, 0.3) is 0 Å². The van der Waals surface area contributed by atoms with Crippen molar-refractivity contribution in [1.29, 1.82) is 0 Å². The van der Waals surface area contributed by atoms with Crippen molar-refractivity contribution in [2.45, 2.75) is 25.0 Å². The van der Waals surface area contributed by atoms with E-state index in [1.54, 1.807) is 7.11 Å². The van der Waals surface area contributed by atoms with Crippen LogP contribution in [0.3, 0.4) is 0 Å². The molecule has 0 spiro atoms. The fourth-order valence-corrected chi connectivity index (χ4v) is 5.24. The van der Waals surface area contributed by atoms with Crippen LogP contribution >= 0.6 is 15.9 Å². The fraction of sp³-hybridized carbons (Fsp3) is 0.231. The molecule has 0 saturated carbocycles. The van der Waals surface area contributed by atoms with Gasteiger partial charge in [-0.15, -0.1) is 0 Å². The van der Waals surface area contributed by atoms with Crippen molar-refractivity contribution in [3.05, 3.63) is 100 Å². The molecule has 1 heterocycles. The zero-order chi connectivity index (χ0) is 20.5. The van der Waals surface area contributed by atoms with Gasteiger partial charge in [-0.05, 0) is 63.2 Å². The van der Waals surface area contributed by atoms with Crippen molar-refractivity contribution in [3.63, 3.8) is 0 Å². The van der Waals surface area contributed by atoms with Gasteiger partial charge in [0.2, 0.25) is 0 Å². The highest BCUT2D eigenvalue weighted by molar-refractivity contribution is 9.10. The summed E-state index contributed by atoms with van der Waals surface area (Å²) >= 11 is 3.73. The van der Waals surface area contributed by atoms with Crippen LogP contribution in [-0.2, 0) is 6.61 Å². The summed E-state index contributed by atoms with van der Waals surface area (Å²) in [6.07, 6.45) is 5.75. The number of ether oxygens (including phenoxy) is 2. The van der Waals surface area contributed by atoms with Gasteiger partial charge in [0, 0.05) is 11.6 Å². The third-order valence-corrected chi connectivity index (χ3v) is 6.70. The molecule has 152 valence electrons. The molecule has 2 aliphatic rings. The summed E-state index contributed by atoms with van der Waals surface area (Å²) in [6, 6.07) is 23.3. The summed E-state index contributed by atoms with van der Waals surface area (Å²) in [5.74, 6) is 2.43. The highest BCUT2D eigenvalue weighted by atomic mass is 79.9. The maximum atomic E-state index is 6.13. The van der Waals surface area contributed by atoms with E-state index in [0.717, 1.165) is 28.0 Å². The Morgan fingerprint density at radius 3 is 2.67 bits per heavy atom. The summed E-state index contributed by atoms with van der Waals surface area (Å²) in [5.41, 5.74) is 4.94. The summed E-state index contributed by atoms with van der Waals surface area (Å²) in [6.45, 7) is 0.499. The summed E-state index contributed by atoms with van der Waals surface area (Å²) in [5, 5.41) is 3.78. The molecule has 1 aliphatic carbocycles. The number of anilines is 1. The minimum Gasteiger partial charge on any atom is -0.493 e. The molecule has 5 rings (SSSR count). The van der Waals surface area contributed by atoms with Gasteiger partial charge < -0.3 is 14.8 Å². The number of methoxy groups -OCH3 is 1. The van der Waals surface area contributed by atoms with Gasteiger partial charge in [0.25, 0.3) is 0 Å². The van der Waals surface area contributed by atoms with Gasteiger partial charge in [0.05, 0.1) is 17.6 Å². The molecule has 3 atom stereocenters. The second kappa shape index (κ2) is 8.19. The molecule has 0 saturated heterocycles. The van der Waals surface area contributed by atoms with Crippen LogP contribution < -0.4 is 14.8 Å². The molecule has 1 aliphatic heterocycles. The van der Waals surface area contributed by atoms with Gasteiger partial charge in [-0.1, -0.05) is 60.7 Å². The molecule has 3 aromatic carbocycles. The van der Waals surface area contributed by atoms with Crippen LogP contribution in [0.1, 0.15) is 35.1 Å². The van der Waals surface area contributed by atoms with Crippen molar-refractivity contribution in [2.75, 3.05) is 12.4 Å². The first-order chi connectivity index (χ1) is 14.7. The van der Waals surface area contributed by atoms with Gasteiger partial charge in [-0.3, -0.25) is 0 Å². The minimum atomic E-state index is 0.216. The zero-order valence-electron chi connectivity index (χ0n) is 16.8. The molecule has 0 aromatic heterocycles. The molecule has 0 radical (unpaired) electrons. The summed E-state index contributed by atoms with van der Waals surface area (Å²) in [4.78, 5) is 0. The van der Waals surface area contributed by atoms with Crippen LogP contribution in [0.5, 0.6) is 11.5 Å². The molecular weight excluding hydrogens is 438 g/mol. The maximum Gasteiger partial charge on any atom is 0.175 e. The van der Waals surface area contributed by atoms with Crippen molar-refractivity contribution in [2.24, 2.45) is 5.92 Å². The number of nitrogens with one attached hydrogen (secondary N) is 1. The first-order valence-corrected chi connectivity index (χ1v) is 11.1. The zero-order valence-corrected chi connectivity index (χ0v) is 18.4. The number of rotatable bonds is 5. The molecule has 30 heavy (non-hydrogen) atoms. The number of fused-ring (bicyclic) bond motifs is 3. The Morgan fingerprint density at radius 2 is 1.83 bits per heavy atom. The Kier molecular flexibility index (Phi) is 5.26. The first kappa shape index (κ1) is 19.3. The molecule has 0 unspecified atom stereocenters. The number of hydrogen-bond donors (Lipinski definition) is 1. The quantitative estimate of drug-likeness (QED) is 0.420. The van der Waals surface area contributed by atoms with Gasteiger partial charge in [0.1, 0.15) is 6.61 Å². The predicted molar refractivity (Wildman–Crippen MR) is 124 cm³/mol. The topological polar surface area (TPSA) is 30.5 Å². The van der Waals surface area contributed by atoms with Crippen molar-refractivity contribution in [1.82, 2.24) is 0 Å². The van der Waals surface area contributed by atoms with Crippen LogP contribution in [-0.4, -0.2) is 7.11 Å². The third-order valence-electron chi connectivity index (χ3n) is 6.11. The van der Waals surface area contributed by atoms with Gasteiger partial charge in [-0.2, -0.15) is 0 Å². The largest absolute Gasteiger partial charge is 0.493 e.